The molecule has 0 saturated heterocycles. The normalized spacial score (nSPS) is 12.1. The highest BCUT2D eigenvalue weighted by Crippen LogP contribution is 2.27. The predicted octanol–water partition coefficient (Wildman–Crippen LogP) is 3.81. The Morgan fingerprint density at radius 1 is 1.17 bits per heavy atom. The fourth-order valence-electron chi connectivity index (χ4n) is 3.50. The van der Waals surface area contributed by atoms with Gasteiger partial charge in [-0.05, 0) is 48.9 Å². The Morgan fingerprint density at radius 2 is 2.00 bits per heavy atom. The maximum Gasteiger partial charge on any atom is 0.337 e. The van der Waals surface area contributed by atoms with Crippen LogP contribution < -0.4 is 10.1 Å². The minimum Gasteiger partial charge on any atom is -0.465 e. The lowest BCUT2D eigenvalue weighted by molar-refractivity contribution is 0.0600. The number of methoxy groups -OCH3 is 1. The summed E-state index contributed by atoms with van der Waals surface area (Å²) in [6, 6.07) is 16.5. The third kappa shape index (κ3) is 2.91. The van der Waals surface area contributed by atoms with E-state index in [9.17, 15) is 9.59 Å². The third-order valence-electron chi connectivity index (χ3n) is 4.96. The molecule has 0 radical (unpaired) electrons. The van der Waals surface area contributed by atoms with Gasteiger partial charge in [0.2, 0.25) is 0 Å². The lowest BCUT2D eigenvalue weighted by Crippen LogP contribution is -2.22. The number of imidazole rings is 1. The molecular weight excluding hydrogens is 400 g/mol. The molecule has 0 atom stereocenters. The summed E-state index contributed by atoms with van der Waals surface area (Å²) in [5.41, 5.74) is 3.75. The highest BCUT2D eigenvalue weighted by molar-refractivity contribution is 7.15. The van der Waals surface area contributed by atoms with Gasteiger partial charge in [0.1, 0.15) is 16.1 Å². The first-order chi connectivity index (χ1) is 14.5. The number of hydrogen-bond acceptors (Lipinski definition) is 6. The molecule has 30 heavy (non-hydrogen) atoms. The van der Waals surface area contributed by atoms with Crippen LogP contribution in [-0.2, 0) is 4.74 Å². The predicted molar refractivity (Wildman–Crippen MR) is 116 cm³/mol. The van der Waals surface area contributed by atoms with Gasteiger partial charge in [-0.15, -0.1) is 0 Å². The Morgan fingerprint density at radius 3 is 2.80 bits per heavy atom. The van der Waals surface area contributed by atoms with E-state index in [2.05, 4.69) is 4.98 Å². The Labute approximate surface area is 174 Å². The summed E-state index contributed by atoms with van der Waals surface area (Å²) in [6.07, 6.45) is 1.73. The largest absolute Gasteiger partial charge is 0.465 e. The van der Waals surface area contributed by atoms with Crippen molar-refractivity contribution in [2.24, 2.45) is 0 Å². The molecule has 0 N–H and O–H groups in total. The summed E-state index contributed by atoms with van der Waals surface area (Å²) in [5, 5.41) is 0. The van der Waals surface area contributed by atoms with Gasteiger partial charge >= 0.3 is 5.97 Å². The van der Waals surface area contributed by atoms with E-state index in [1.807, 2.05) is 49.4 Å². The van der Waals surface area contributed by atoms with Crippen LogP contribution in [0.5, 0.6) is 0 Å². The van der Waals surface area contributed by atoms with Crippen LogP contribution in [0.3, 0.4) is 0 Å². The van der Waals surface area contributed by atoms with Crippen molar-refractivity contribution in [2.75, 3.05) is 7.11 Å². The number of ether oxygens (including phenoxy) is 1. The third-order valence-corrected chi connectivity index (χ3v) is 5.93. The van der Waals surface area contributed by atoms with Gasteiger partial charge in [-0.25, -0.2) is 14.2 Å². The van der Waals surface area contributed by atoms with E-state index in [1.165, 1.54) is 18.4 Å². The van der Waals surface area contributed by atoms with E-state index in [4.69, 9.17) is 9.15 Å². The lowest BCUT2D eigenvalue weighted by atomic mass is 10.0. The fraction of sp³-hybridized carbons (Fsp3) is 0.0870. The first-order valence-electron chi connectivity index (χ1n) is 9.26. The molecule has 0 aliphatic carbocycles. The number of esters is 1. The maximum absolute atomic E-state index is 12.9. The van der Waals surface area contributed by atoms with E-state index in [0.29, 0.717) is 26.6 Å². The van der Waals surface area contributed by atoms with Crippen molar-refractivity contribution in [2.45, 2.75) is 6.92 Å². The average molecular weight is 416 g/mol. The van der Waals surface area contributed by atoms with Gasteiger partial charge in [-0.3, -0.25) is 4.79 Å². The molecule has 6 nitrogen and oxygen atoms in total. The number of carbonyl (C=O) groups excluding carboxylic acids is 1. The topological polar surface area (TPSA) is 73.8 Å². The number of fused-ring (bicyclic) bond motifs is 3. The molecule has 5 aromatic rings. The van der Waals surface area contributed by atoms with E-state index < -0.39 is 0 Å². The highest BCUT2D eigenvalue weighted by Gasteiger charge is 2.13. The number of furan rings is 1. The van der Waals surface area contributed by atoms with Crippen molar-refractivity contribution in [3.63, 3.8) is 0 Å². The van der Waals surface area contributed by atoms with Crippen LogP contribution in [0.4, 0.5) is 0 Å². The number of aromatic nitrogens is 2. The highest BCUT2D eigenvalue weighted by atomic mass is 32.1. The van der Waals surface area contributed by atoms with Gasteiger partial charge in [0, 0.05) is 11.6 Å². The zero-order valence-electron chi connectivity index (χ0n) is 16.2. The first-order valence-corrected chi connectivity index (χ1v) is 10.1. The second-order valence-electron chi connectivity index (χ2n) is 6.86. The lowest BCUT2D eigenvalue weighted by Gasteiger charge is -2.05. The molecule has 0 unspecified atom stereocenters. The van der Waals surface area contributed by atoms with Gasteiger partial charge < -0.3 is 9.15 Å². The van der Waals surface area contributed by atoms with Crippen LogP contribution in [-0.4, -0.2) is 22.5 Å². The van der Waals surface area contributed by atoms with E-state index in [-0.39, 0.29) is 11.5 Å². The van der Waals surface area contributed by atoms with Gasteiger partial charge in [0.05, 0.1) is 23.7 Å². The van der Waals surface area contributed by atoms with Crippen molar-refractivity contribution in [1.29, 1.82) is 0 Å². The zero-order valence-corrected chi connectivity index (χ0v) is 17.0. The summed E-state index contributed by atoms with van der Waals surface area (Å²) in [6.45, 7) is 1.91. The fourth-order valence-corrected chi connectivity index (χ4v) is 4.47. The molecule has 3 aromatic heterocycles. The molecule has 2 aromatic carbocycles. The Hall–Kier alpha value is -3.71. The number of benzene rings is 2. The molecule has 0 aliphatic rings. The molecule has 0 spiro atoms. The number of thiazole rings is 1. The van der Waals surface area contributed by atoms with Crippen LogP contribution in [0.1, 0.15) is 21.7 Å². The second-order valence-corrected chi connectivity index (χ2v) is 7.87. The second kappa shape index (κ2) is 6.96. The average Bonchev–Trinajstić information content (AvgIpc) is 3.43. The molecule has 0 saturated carbocycles. The Kier molecular flexibility index (Phi) is 4.25. The van der Waals surface area contributed by atoms with Crippen molar-refractivity contribution in [1.82, 2.24) is 9.38 Å². The standard InChI is InChI=1S/C23H16N2O4S/c1-13-11-14(22(27)28-2)7-9-16(13)19-10-8-15(29-19)12-20-21(26)25-18-6-4-3-5-17(18)24-23(25)30-20/h3-12H,1-2H3. The first kappa shape index (κ1) is 18.3. The Bertz CT molecular complexity index is 1540. The SMILES string of the molecule is COC(=O)c1ccc(-c2ccc(C=c3sc4nc5ccccc5n4c3=O)o2)c(C)c1. The van der Waals surface area contributed by atoms with Gasteiger partial charge in [0.15, 0.2) is 4.96 Å². The molecule has 3 heterocycles. The van der Waals surface area contributed by atoms with E-state index in [1.54, 1.807) is 22.6 Å². The molecule has 148 valence electrons. The van der Waals surface area contributed by atoms with Crippen LogP contribution in [0.2, 0.25) is 0 Å². The summed E-state index contributed by atoms with van der Waals surface area (Å²) < 4.78 is 12.9. The monoisotopic (exact) mass is 416 g/mol. The number of nitrogens with zero attached hydrogens (tertiary/aromatic N) is 2. The van der Waals surface area contributed by atoms with Crippen molar-refractivity contribution < 1.29 is 13.9 Å². The maximum atomic E-state index is 12.9. The summed E-state index contributed by atoms with van der Waals surface area (Å²) in [7, 11) is 1.36. The zero-order chi connectivity index (χ0) is 20.8. The quantitative estimate of drug-likeness (QED) is 0.418. The van der Waals surface area contributed by atoms with Crippen LogP contribution in [0.25, 0.3) is 33.4 Å². The van der Waals surface area contributed by atoms with Crippen molar-refractivity contribution >= 4 is 39.4 Å². The molecule has 5 rings (SSSR count). The smallest absolute Gasteiger partial charge is 0.337 e. The minimum absolute atomic E-state index is 0.111. The molecule has 0 amide bonds. The molecule has 0 aliphatic heterocycles. The van der Waals surface area contributed by atoms with Gasteiger partial charge in [-0.1, -0.05) is 29.5 Å². The number of carbonyl (C=O) groups is 1. The van der Waals surface area contributed by atoms with Gasteiger partial charge in [0.25, 0.3) is 5.56 Å². The van der Waals surface area contributed by atoms with E-state index in [0.717, 1.165) is 22.2 Å². The van der Waals surface area contributed by atoms with E-state index >= 15 is 0 Å². The molecule has 0 bridgehead atoms. The Balaban J connectivity index is 1.55. The number of rotatable bonds is 3. The number of aryl methyl sites for hydroxylation is 1. The molecule has 7 heteroatoms. The van der Waals surface area contributed by atoms with Crippen LogP contribution in [0, 0.1) is 6.92 Å². The number of para-hydroxylation sites is 2. The van der Waals surface area contributed by atoms with Crippen LogP contribution >= 0.6 is 11.3 Å². The van der Waals surface area contributed by atoms with Crippen molar-refractivity contribution in [3.8, 4) is 11.3 Å². The van der Waals surface area contributed by atoms with Crippen molar-refractivity contribution in [3.05, 3.63) is 86.4 Å². The minimum atomic E-state index is -0.378. The molecule has 0 fully saturated rings. The number of hydrogen-bond donors (Lipinski definition) is 0. The summed E-state index contributed by atoms with van der Waals surface area (Å²) in [5.74, 6) is 0.859. The summed E-state index contributed by atoms with van der Waals surface area (Å²) >= 11 is 1.33. The van der Waals surface area contributed by atoms with Crippen LogP contribution in [0.15, 0.2) is 63.8 Å². The summed E-state index contributed by atoms with van der Waals surface area (Å²) in [4.78, 5) is 29.8. The molecular formula is C23H16N2O4S. The van der Waals surface area contributed by atoms with Gasteiger partial charge in [-0.2, -0.15) is 0 Å².